The first kappa shape index (κ1) is 19.7. The van der Waals surface area contributed by atoms with Crippen molar-refractivity contribution >= 4 is 17.3 Å². The largest absolute Gasteiger partial charge is 0.481 e. The topological polar surface area (TPSA) is 49.8 Å². The molecule has 29 heavy (non-hydrogen) atoms. The number of aryl methyl sites for hydroxylation is 1. The average molecular weight is 408 g/mol. The highest BCUT2D eigenvalue weighted by atomic mass is 32.1. The lowest BCUT2D eigenvalue weighted by Crippen LogP contribution is -2.41. The third kappa shape index (κ3) is 4.69. The van der Waals surface area contributed by atoms with Crippen LogP contribution in [0.4, 0.5) is 0 Å². The second kappa shape index (κ2) is 8.80. The van der Waals surface area contributed by atoms with Gasteiger partial charge >= 0.3 is 5.97 Å². The Kier molecular flexibility index (Phi) is 5.97. The Morgan fingerprint density at radius 3 is 2.66 bits per heavy atom. The summed E-state index contributed by atoms with van der Waals surface area (Å²) in [6, 6.07) is 20.2. The van der Waals surface area contributed by atoms with Crippen molar-refractivity contribution in [2.24, 2.45) is 5.92 Å². The maximum Gasteiger partial charge on any atom is 0.307 e. The number of carbonyl (C=O) groups is 1. The summed E-state index contributed by atoms with van der Waals surface area (Å²) < 4.78 is 6.05. The maximum atomic E-state index is 11.6. The normalized spacial score (nSPS) is 18.3. The summed E-state index contributed by atoms with van der Waals surface area (Å²) in [5.41, 5.74) is 2.37. The standard InChI is InChI=1S/C24H25NO3S/c1-17-13-22(29-16-17)23(25-12-6-8-19(15-25)24(26)27)18-7-5-11-21(14-18)28-20-9-3-2-4-10-20/h2-5,7,9-11,13-14,16,19,23H,6,8,12,15H2,1H3,(H,26,27). The quantitative estimate of drug-likeness (QED) is 0.566. The number of likely N-dealkylation sites (tertiary alicyclic amines) is 1. The molecule has 0 saturated carbocycles. The van der Waals surface area contributed by atoms with Gasteiger partial charge in [-0.05, 0) is 73.1 Å². The predicted molar refractivity (Wildman–Crippen MR) is 116 cm³/mol. The fraction of sp³-hybridized carbons (Fsp3) is 0.292. The lowest BCUT2D eigenvalue weighted by Gasteiger charge is -2.37. The second-order valence-corrected chi connectivity index (χ2v) is 8.53. The molecule has 0 bridgehead atoms. The maximum absolute atomic E-state index is 11.6. The summed E-state index contributed by atoms with van der Waals surface area (Å²) in [7, 11) is 0. The Morgan fingerprint density at radius 2 is 1.93 bits per heavy atom. The number of piperidine rings is 1. The molecule has 150 valence electrons. The van der Waals surface area contributed by atoms with E-state index in [0.29, 0.717) is 6.54 Å². The highest BCUT2D eigenvalue weighted by Crippen LogP contribution is 2.37. The van der Waals surface area contributed by atoms with E-state index in [2.05, 4.69) is 35.4 Å². The highest BCUT2D eigenvalue weighted by Gasteiger charge is 2.32. The van der Waals surface area contributed by atoms with Gasteiger partial charge in [-0.25, -0.2) is 0 Å². The molecule has 1 fully saturated rings. The molecule has 1 saturated heterocycles. The predicted octanol–water partition coefficient (Wildman–Crippen LogP) is 5.73. The molecule has 2 aromatic carbocycles. The number of hydrogen-bond donors (Lipinski definition) is 1. The second-order valence-electron chi connectivity index (χ2n) is 7.59. The molecule has 4 rings (SSSR count). The number of ether oxygens (including phenoxy) is 1. The first-order valence-corrected chi connectivity index (χ1v) is 10.8. The molecule has 1 N–H and O–H groups in total. The van der Waals surface area contributed by atoms with E-state index in [1.807, 2.05) is 42.5 Å². The Labute approximate surface area is 175 Å². The summed E-state index contributed by atoms with van der Waals surface area (Å²) in [6.45, 7) is 3.57. The number of carboxylic acid groups (broad SMARTS) is 1. The molecular formula is C24H25NO3S. The third-order valence-corrected chi connectivity index (χ3v) is 6.44. The van der Waals surface area contributed by atoms with E-state index in [0.717, 1.165) is 36.4 Å². The number of carboxylic acids is 1. The van der Waals surface area contributed by atoms with Gasteiger partial charge in [0.15, 0.2) is 0 Å². The number of para-hydroxylation sites is 1. The smallest absolute Gasteiger partial charge is 0.307 e. The minimum absolute atomic E-state index is 0.0372. The molecule has 0 radical (unpaired) electrons. The van der Waals surface area contributed by atoms with Crippen LogP contribution in [0.15, 0.2) is 66.0 Å². The van der Waals surface area contributed by atoms with Crippen molar-refractivity contribution < 1.29 is 14.6 Å². The number of nitrogens with zero attached hydrogens (tertiary/aromatic N) is 1. The molecular weight excluding hydrogens is 382 g/mol. The Bertz CT molecular complexity index is 969. The molecule has 2 heterocycles. The fourth-order valence-electron chi connectivity index (χ4n) is 3.97. The van der Waals surface area contributed by atoms with E-state index in [9.17, 15) is 9.90 Å². The minimum atomic E-state index is -0.697. The molecule has 1 aliphatic rings. The van der Waals surface area contributed by atoms with E-state index in [-0.39, 0.29) is 12.0 Å². The van der Waals surface area contributed by atoms with E-state index >= 15 is 0 Å². The first-order valence-electron chi connectivity index (χ1n) is 9.95. The van der Waals surface area contributed by atoms with Crippen LogP contribution >= 0.6 is 11.3 Å². The molecule has 5 heteroatoms. The van der Waals surface area contributed by atoms with Crippen molar-refractivity contribution in [1.29, 1.82) is 0 Å². The molecule has 1 aliphatic heterocycles. The molecule has 2 atom stereocenters. The monoisotopic (exact) mass is 407 g/mol. The zero-order valence-electron chi connectivity index (χ0n) is 16.5. The minimum Gasteiger partial charge on any atom is -0.481 e. The van der Waals surface area contributed by atoms with Crippen molar-refractivity contribution in [3.8, 4) is 11.5 Å². The molecule has 4 nitrogen and oxygen atoms in total. The average Bonchev–Trinajstić information content (AvgIpc) is 3.15. The summed E-state index contributed by atoms with van der Waals surface area (Å²) in [4.78, 5) is 15.2. The Balaban J connectivity index is 1.66. The number of rotatable bonds is 6. The van der Waals surface area contributed by atoms with E-state index < -0.39 is 5.97 Å². The van der Waals surface area contributed by atoms with Crippen LogP contribution in [0, 0.1) is 12.8 Å². The van der Waals surface area contributed by atoms with Crippen LogP contribution in [0.3, 0.4) is 0 Å². The molecule has 2 unspecified atom stereocenters. The van der Waals surface area contributed by atoms with Gasteiger partial charge in [0.25, 0.3) is 0 Å². The van der Waals surface area contributed by atoms with Crippen LogP contribution in [0.5, 0.6) is 11.5 Å². The van der Waals surface area contributed by atoms with Crippen molar-refractivity contribution in [2.45, 2.75) is 25.8 Å². The summed E-state index contributed by atoms with van der Waals surface area (Å²) in [5, 5.41) is 11.7. The summed E-state index contributed by atoms with van der Waals surface area (Å²) in [6.07, 6.45) is 1.65. The van der Waals surface area contributed by atoms with Gasteiger partial charge in [-0.3, -0.25) is 9.69 Å². The van der Waals surface area contributed by atoms with Crippen LogP contribution in [0.2, 0.25) is 0 Å². The van der Waals surface area contributed by atoms with Crippen molar-refractivity contribution in [2.75, 3.05) is 13.1 Å². The highest BCUT2D eigenvalue weighted by molar-refractivity contribution is 7.10. The number of aliphatic carboxylic acids is 1. The number of benzene rings is 2. The fourth-order valence-corrected chi connectivity index (χ4v) is 5.03. The van der Waals surface area contributed by atoms with Gasteiger partial charge in [0.1, 0.15) is 11.5 Å². The third-order valence-electron chi connectivity index (χ3n) is 5.34. The zero-order chi connectivity index (χ0) is 20.2. The van der Waals surface area contributed by atoms with Crippen LogP contribution in [-0.2, 0) is 4.79 Å². The molecule has 0 amide bonds. The summed E-state index contributed by atoms with van der Waals surface area (Å²) >= 11 is 1.74. The van der Waals surface area contributed by atoms with Gasteiger partial charge < -0.3 is 9.84 Å². The molecule has 0 spiro atoms. The van der Waals surface area contributed by atoms with Crippen LogP contribution in [0.1, 0.15) is 34.9 Å². The summed E-state index contributed by atoms with van der Waals surface area (Å²) in [5.74, 6) is 0.587. The van der Waals surface area contributed by atoms with E-state index in [1.54, 1.807) is 11.3 Å². The lowest BCUT2D eigenvalue weighted by molar-refractivity contribution is -0.143. The van der Waals surface area contributed by atoms with Crippen LogP contribution in [0.25, 0.3) is 0 Å². The van der Waals surface area contributed by atoms with Gasteiger partial charge in [0, 0.05) is 11.4 Å². The number of thiophene rings is 1. The van der Waals surface area contributed by atoms with Gasteiger partial charge in [0.05, 0.1) is 12.0 Å². The zero-order valence-corrected chi connectivity index (χ0v) is 17.3. The lowest BCUT2D eigenvalue weighted by atomic mass is 9.94. The van der Waals surface area contributed by atoms with Crippen LogP contribution < -0.4 is 4.74 Å². The SMILES string of the molecule is Cc1csc(C(c2cccc(Oc3ccccc3)c2)N2CCCC(C(=O)O)C2)c1. The van der Waals surface area contributed by atoms with Crippen molar-refractivity contribution in [1.82, 2.24) is 4.90 Å². The molecule has 1 aromatic heterocycles. The van der Waals surface area contributed by atoms with Crippen LogP contribution in [-0.4, -0.2) is 29.1 Å². The number of hydrogen-bond acceptors (Lipinski definition) is 4. The Morgan fingerprint density at radius 1 is 1.14 bits per heavy atom. The van der Waals surface area contributed by atoms with Crippen molar-refractivity contribution in [3.05, 3.63) is 82.0 Å². The van der Waals surface area contributed by atoms with Gasteiger partial charge in [-0.2, -0.15) is 0 Å². The Hall–Kier alpha value is -2.63. The van der Waals surface area contributed by atoms with Gasteiger partial charge in [0.2, 0.25) is 0 Å². The van der Waals surface area contributed by atoms with Gasteiger partial charge in [-0.15, -0.1) is 11.3 Å². The first-order chi connectivity index (χ1) is 14.1. The van der Waals surface area contributed by atoms with Crippen molar-refractivity contribution in [3.63, 3.8) is 0 Å². The van der Waals surface area contributed by atoms with E-state index in [4.69, 9.17) is 4.74 Å². The molecule has 0 aliphatic carbocycles. The molecule has 3 aromatic rings. The van der Waals surface area contributed by atoms with Gasteiger partial charge in [-0.1, -0.05) is 30.3 Å². The van der Waals surface area contributed by atoms with E-state index in [1.165, 1.54) is 10.4 Å².